The SMILES string of the molecule is CCNC(=O)NOCC(=O)N[C@@H](CCCCN(C(=O)O)C(C)(C)C)C(=O)N(Cc1cccc2cccnc12)[C@@H](C)C(OCC)OCC. The number of carbonyl (C=O) groups excluding carboxylic acids is 3. The van der Waals surface area contributed by atoms with Crippen molar-refractivity contribution in [2.24, 2.45) is 0 Å². The van der Waals surface area contributed by atoms with Crippen molar-refractivity contribution in [3.8, 4) is 0 Å². The molecular weight excluding hydrogens is 608 g/mol. The number of hydroxylamine groups is 1. The Labute approximate surface area is 277 Å². The van der Waals surface area contributed by atoms with Crippen LogP contribution >= 0.6 is 0 Å². The Morgan fingerprint density at radius 2 is 1.68 bits per heavy atom. The van der Waals surface area contributed by atoms with E-state index < -0.39 is 48.6 Å². The molecular formula is C33H52N6O8. The molecule has 0 bridgehead atoms. The number of urea groups is 1. The van der Waals surface area contributed by atoms with E-state index in [1.165, 1.54) is 4.90 Å². The maximum Gasteiger partial charge on any atom is 0.407 e. The molecule has 1 aromatic carbocycles. The van der Waals surface area contributed by atoms with Gasteiger partial charge in [-0.15, -0.1) is 0 Å². The maximum atomic E-state index is 14.5. The maximum absolute atomic E-state index is 14.5. The average Bonchev–Trinajstić information content (AvgIpc) is 3.01. The second kappa shape index (κ2) is 19.6. The van der Waals surface area contributed by atoms with Gasteiger partial charge in [-0.05, 0) is 79.4 Å². The molecule has 14 heteroatoms. The van der Waals surface area contributed by atoms with Crippen molar-refractivity contribution in [2.45, 2.75) is 98.2 Å². The topological polar surface area (TPSA) is 172 Å². The van der Waals surface area contributed by atoms with Gasteiger partial charge >= 0.3 is 12.1 Å². The number of para-hydroxylation sites is 1. The average molecular weight is 661 g/mol. The summed E-state index contributed by atoms with van der Waals surface area (Å²) in [5.41, 5.74) is 3.08. The van der Waals surface area contributed by atoms with Crippen LogP contribution in [0.2, 0.25) is 0 Å². The van der Waals surface area contributed by atoms with Gasteiger partial charge in [0.05, 0.1) is 11.6 Å². The zero-order valence-electron chi connectivity index (χ0n) is 28.7. The third-order valence-electron chi connectivity index (χ3n) is 7.39. The number of aromatic nitrogens is 1. The molecule has 1 heterocycles. The van der Waals surface area contributed by atoms with E-state index in [1.807, 2.05) is 71.9 Å². The predicted octanol–water partition coefficient (Wildman–Crippen LogP) is 4.04. The number of carbonyl (C=O) groups is 4. The van der Waals surface area contributed by atoms with Crippen LogP contribution in [0.3, 0.4) is 0 Å². The van der Waals surface area contributed by atoms with Crippen molar-refractivity contribution in [1.82, 2.24) is 30.9 Å². The van der Waals surface area contributed by atoms with Crippen LogP contribution in [0.4, 0.5) is 9.59 Å². The van der Waals surface area contributed by atoms with E-state index in [-0.39, 0.29) is 25.4 Å². The van der Waals surface area contributed by atoms with Crippen LogP contribution in [0.5, 0.6) is 0 Å². The molecule has 0 aliphatic carbocycles. The zero-order valence-corrected chi connectivity index (χ0v) is 28.7. The molecule has 0 spiro atoms. The highest BCUT2D eigenvalue weighted by Gasteiger charge is 2.34. The van der Waals surface area contributed by atoms with Gasteiger partial charge in [0.1, 0.15) is 6.04 Å². The van der Waals surface area contributed by atoms with E-state index >= 15 is 0 Å². The second-order valence-corrected chi connectivity index (χ2v) is 11.9. The summed E-state index contributed by atoms with van der Waals surface area (Å²) in [6, 6.07) is 7.36. The molecule has 0 saturated heterocycles. The highest BCUT2D eigenvalue weighted by atomic mass is 16.7. The zero-order chi connectivity index (χ0) is 35.0. The molecule has 262 valence electrons. The van der Waals surface area contributed by atoms with Crippen molar-refractivity contribution in [1.29, 1.82) is 0 Å². The smallest absolute Gasteiger partial charge is 0.407 e. The van der Waals surface area contributed by atoms with Crippen molar-refractivity contribution < 1.29 is 38.6 Å². The van der Waals surface area contributed by atoms with Crippen LogP contribution in [0.25, 0.3) is 10.9 Å². The Hall–Kier alpha value is -4.01. The molecule has 0 saturated carbocycles. The molecule has 1 aromatic heterocycles. The third kappa shape index (κ3) is 12.6. The third-order valence-corrected chi connectivity index (χ3v) is 7.39. The summed E-state index contributed by atoms with van der Waals surface area (Å²) in [6.07, 6.45) is 1.04. The lowest BCUT2D eigenvalue weighted by Crippen LogP contribution is -2.55. The van der Waals surface area contributed by atoms with Crippen LogP contribution in [-0.4, -0.2) is 101 Å². The summed E-state index contributed by atoms with van der Waals surface area (Å²) in [4.78, 5) is 63.6. The van der Waals surface area contributed by atoms with Crippen LogP contribution in [0.15, 0.2) is 36.5 Å². The highest BCUT2D eigenvalue weighted by Crippen LogP contribution is 2.23. The van der Waals surface area contributed by atoms with Gasteiger partial charge in [-0.1, -0.05) is 24.3 Å². The summed E-state index contributed by atoms with van der Waals surface area (Å²) in [7, 11) is 0. The van der Waals surface area contributed by atoms with Crippen LogP contribution in [0, 0.1) is 0 Å². The molecule has 0 unspecified atom stereocenters. The van der Waals surface area contributed by atoms with Crippen LogP contribution in [-0.2, 0) is 30.4 Å². The van der Waals surface area contributed by atoms with E-state index in [0.717, 1.165) is 16.5 Å². The number of pyridine rings is 1. The minimum atomic E-state index is -1.03. The number of hydrogen-bond acceptors (Lipinski definition) is 8. The highest BCUT2D eigenvalue weighted by molar-refractivity contribution is 5.89. The van der Waals surface area contributed by atoms with E-state index in [4.69, 9.17) is 14.3 Å². The first kappa shape index (κ1) is 39.2. The lowest BCUT2D eigenvalue weighted by molar-refractivity contribution is -0.180. The minimum absolute atomic E-state index is 0.156. The Morgan fingerprint density at radius 1 is 1.00 bits per heavy atom. The molecule has 0 fully saturated rings. The number of carboxylic acid groups (broad SMARTS) is 1. The van der Waals surface area contributed by atoms with Gasteiger partial charge in [0.2, 0.25) is 11.8 Å². The summed E-state index contributed by atoms with van der Waals surface area (Å²) in [5.74, 6) is -1.00. The molecule has 0 aliphatic rings. The van der Waals surface area contributed by atoms with Gasteiger partial charge in [0.25, 0.3) is 0 Å². The fourth-order valence-corrected chi connectivity index (χ4v) is 5.10. The van der Waals surface area contributed by atoms with E-state index in [2.05, 4.69) is 21.1 Å². The van der Waals surface area contributed by atoms with Gasteiger partial charge in [-0.25, -0.2) is 15.1 Å². The number of nitrogens with one attached hydrogen (secondary N) is 3. The molecule has 14 nitrogen and oxygen atoms in total. The minimum Gasteiger partial charge on any atom is -0.465 e. The number of hydrogen-bond donors (Lipinski definition) is 4. The number of benzene rings is 1. The number of unbranched alkanes of at least 4 members (excludes halogenated alkanes) is 1. The molecule has 47 heavy (non-hydrogen) atoms. The van der Waals surface area contributed by atoms with E-state index in [9.17, 15) is 24.3 Å². The normalized spacial score (nSPS) is 12.8. The predicted molar refractivity (Wildman–Crippen MR) is 177 cm³/mol. The van der Waals surface area contributed by atoms with Gasteiger partial charge in [-0.3, -0.25) is 19.4 Å². The Balaban J connectivity index is 2.40. The Kier molecular flexibility index (Phi) is 16.3. The summed E-state index contributed by atoms with van der Waals surface area (Å²) >= 11 is 0. The molecule has 2 rings (SSSR count). The number of nitrogens with zero attached hydrogens (tertiary/aromatic N) is 3. The first-order chi connectivity index (χ1) is 22.3. The molecule has 2 atom stereocenters. The molecule has 4 N–H and O–H groups in total. The number of fused-ring (bicyclic) bond motifs is 1. The molecule has 5 amide bonds. The van der Waals surface area contributed by atoms with Crippen molar-refractivity contribution >= 4 is 34.8 Å². The van der Waals surface area contributed by atoms with Crippen molar-refractivity contribution in [3.63, 3.8) is 0 Å². The fraction of sp³-hybridized carbons (Fsp3) is 0.606. The standard InChI is InChI=1S/C33H52N6O8/c1-8-34-31(42)37-47-22-27(40)36-26(18-11-12-20-39(32(43)44)33(5,6)7)29(41)38(23(4)30(45-9-2)46-10-3)21-25-16-13-15-24-17-14-19-35-28(24)25/h13-17,19,23,26,30H,8-12,18,20-22H2,1-7H3,(H,36,40)(H,43,44)(H2,34,37,42)/t23-,26-/m0/s1. The fourth-order valence-electron chi connectivity index (χ4n) is 5.10. The van der Waals surface area contributed by atoms with Gasteiger partial charge in [-0.2, -0.15) is 0 Å². The first-order valence-corrected chi connectivity index (χ1v) is 16.2. The Morgan fingerprint density at radius 3 is 2.30 bits per heavy atom. The van der Waals surface area contributed by atoms with E-state index in [1.54, 1.807) is 18.0 Å². The van der Waals surface area contributed by atoms with Gasteiger partial charge < -0.3 is 35.0 Å². The second-order valence-electron chi connectivity index (χ2n) is 11.9. The summed E-state index contributed by atoms with van der Waals surface area (Å²) in [6.45, 7) is 13.7. The van der Waals surface area contributed by atoms with Crippen molar-refractivity contribution in [2.75, 3.05) is 32.9 Å². The molecule has 2 aromatic rings. The lowest BCUT2D eigenvalue weighted by atomic mass is 10.0. The molecule has 0 aliphatic heterocycles. The molecule has 0 radical (unpaired) electrons. The number of ether oxygens (including phenoxy) is 2. The summed E-state index contributed by atoms with van der Waals surface area (Å²) < 4.78 is 11.8. The largest absolute Gasteiger partial charge is 0.465 e. The summed E-state index contributed by atoms with van der Waals surface area (Å²) in [5, 5.41) is 15.9. The van der Waals surface area contributed by atoms with Crippen LogP contribution < -0.4 is 16.1 Å². The quantitative estimate of drug-likeness (QED) is 0.0986. The van der Waals surface area contributed by atoms with Crippen LogP contribution in [0.1, 0.15) is 73.3 Å². The Bertz CT molecular complexity index is 1290. The van der Waals surface area contributed by atoms with Gasteiger partial charge in [0, 0.05) is 50.0 Å². The number of amides is 5. The monoisotopic (exact) mass is 660 g/mol. The first-order valence-electron chi connectivity index (χ1n) is 16.2. The van der Waals surface area contributed by atoms with E-state index in [0.29, 0.717) is 32.6 Å². The number of rotatable bonds is 19. The van der Waals surface area contributed by atoms with Gasteiger partial charge in [0.15, 0.2) is 12.9 Å². The lowest BCUT2D eigenvalue weighted by Gasteiger charge is -2.37. The van der Waals surface area contributed by atoms with Crippen molar-refractivity contribution in [3.05, 3.63) is 42.1 Å².